The molecule has 1 N–H and O–H groups in total. The molecule has 0 unspecified atom stereocenters. The summed E-state index contributed by atoms with van der Waals surface area (Å²) in [4.78, 5) is 0. The van der Waals surface area contributed by atoms with Crippen LogP contribution in [0.3, 0.4) is 0 Å². The average Bonchev–Trinajstić information content (AvgIpc) is 2.39. The van der Waals surface area contributed by atoms with Crippen molar-refractivity contribution in [2.75, 3.05) is 5.32 Å². The van der Waals surface area contributed by atoms with E-state index in [4.69, 9.17) is 31.0 Å². The minimum absolute atomic E-state index is 0.726. The zero-order valence-corrected chi connectivity index (χ0v) is 13.9. The van der Waals surface area contributed by atoms with E-state index in [1.807, 2.05) is 47.1 Å². The van der Waals surface area contributed by atoms with Crippen LogP contribution < -0.4 is 5.32 Å². The van der Waals surface area contributed by atoms with E-state index < -0.39 is 13.5 Å². The van der Waals surface area contributed by atoms with Crippen LogP contribution in [0, 0.1) is 0 Å². The fraction of sp³-hybridized carbons (Fsp3) is 0.0714. The second-order valence-electron chi connectivity index (χ2n) is 3.87. The molecule has 5 heteroatoms. The van der Waals surface area contributed by atoms with E-state index in [1.54, 1.807) is 0 Å². The molecule has 0 bridgehead atoms. The predicted octanol–water partition coefficient (Wildman–Crippen LogP) is 5.03. The Kier molecular flexibility index (Phi) is 5.84. The minimum atomic E-state index is -1.80. The maximum absolute atomic E-state index is 5.94. The molecule has 1 nitrogen and oxygen atoms in total. The molecular weight excluding hydrogens is 390 g/mol. The van der Waals surface area contributed by atoms with Crippen LogP contribution in [-0.4, -0.2) is 4.61 Å². The van der Waals surface area contributed by atoms with Gasteiger partial charge in [0.2, 0.25) is 0 Å². The summed E-state index contributed by atoms with van der Waals surface area (Å²) in [5, 5.41) is 4.09. The molecule has 0 aliphatic heterocycles. The molecule has 0 aliphatic rings. The van der Waals surface area contributed by atoms with Gasteiger partial charge < -0.3 is 0 Å². The standard InChI is InChI=1S/C14H12ClN.2ClH.Ru/c1-11-4-2-3-5-12(11)10-16-14-8-6-13(15)7-9-14;;;/h1-9,16H,10H2;2*1H;/q;;;+2/p-2. The monoisotopic (exact) mass is 401 g/mol. The zero-order chi connectivity index (χ0) is 13.7. The van der Waals surface area contributed by atoms with Gasteiger partial charge in [-0.3, -0.25) is 0 Å². The maximum atomic E-state index is 5.94. The summed E-state index contributed by atoms with van der Waals surface area (Å²) in [6, 6.07) is 15.7. The number of hydrogen-bond donors (Lipinski definition) is 1. The van der Waals surface area contributed by atoms with Gasteiger partial charge in [-0.05, 0) is 0 Å². The van der Waals surface area contributed by atoms with Crippen LogP contribution in [-0.2, 0) is 20.1 Å². The van der Waals surface area contributed by atoms with Gasteiger partial charge in [0, 0.05) is 0 Å². The van der Waals surface area contributed by atoms with Gasteiger partial charge in [0.05, 0.1) is 0 Å². The topological polar surface area (TPSA) is 12.0 Å². The van der Waals surface area contributed by atoms with Crippen molar-refractivity contribution < 1.29 is 13.5 Å². The van der Waals surface area contributed by atoms with E-state index in [2.05, 4.69) is 11.4 Å². The van der Waals surface area contributed by atoms with Crippen LogP contribution in [0.4, 0.5) is 5.69 Å². The van der Waals surface area contributed by atoms with Crippen molar-refractivity contribution in [1.82, 2.24) is 0 Å². The number of hydrogen-bond acceptors (Lipinski definition) is 1. The normalized spacial score (nSPS) is 11.0. The molecule has 0 saturated heterocycles. The van der Waals surface area contributed by atoms with Crippen molar-refractivity contribution in [2.24, 2.45) is 0 Å². The van der Waals surface area contributed by atoms with Crippen molar-refractivity contribution in [3.63, 3.8) is 0 Å². The van der Waals surface area contributed by atoms with Gasteiger partial charge in [-0.15, -0.1) is 0 Å². The molecule has 0 atom stereocenters. The third-order valence-corrected chi connectivity index (χ3v) is 4.65. The molecule has 102 valence electrons. The first-order chi connectivity index (χ1) is 9.15. The van der Waals surface area contributed by atoms with E-state index in [-0.39, 0.29) is 0 Å². The summed E-state index contributed by atoms with van der Waals surface area (Å²) in [5.41, 5.74) is 3.32. The molecule has 0 heterocycles. The zero-order valence-electron chi connectivity index (χ0n) is 9.89. The molecule has 0 radical (unpaired) electrons. The quantitative estimate of drug-likeness (QED) is 0.709. The first-order valence-electron chi connectivity index (χ1n) is 5.55. The van der Waals surface area contributed by atoms with Crippen molar-refractivity contribution in [3.8, 4) is 0 Å². The van der Waals surface area contributed by atoms with Crippen LogP contribution in [0.5, 0.6) is 0 Å². The SMILES string of the molecule is Clc1ccc(NCc2ccccc2[CH]=[Ru]([Cl])[Cl])cc1. The fourth-order valence-corrected chi connectivity index (χ4v) is 3.65. The van der Waals surface area contributed by atoms with Crippen LogP contribution in [0.25, 0.3) is 0 Å². The molecule has 0 amide bonds. The van der Waals surface area contributed by atoms with Crippen LogP contribution in [0.15, 0.2) is 48.5 Å². The number of rotatable bonds is 4. The van der Waals surface area contributed by atoms with Crippen molar-refractivity contribution in [3.05, 3.63) is 64.7 Å². The van der Waals surface area contributed by atoms with Crippen LogP contribution in [0.2, 0.25) is 5.02 Å². The summed E-state index contributed by atoms with van der Waals surface area (Å²) >= 11 is 4.06. The van der Waals surface area contributed by atoms with E-state index in [0.29, 0.717) is 0 Å². The number of benzene rings is 2. The molecule has 2 aromatic carbocycles. The van der Waals surface area contributed by atoms with Gasteiger partial charge in [0.1, 0.15) is 0 Å². The predicted molar refractivity (Wildman–Crippen MR) is 82.1 cm³/mol. The molecule has 0 saturated carbocycles. The third-order valence-electron chi connectivity index (χ3n) is 2.57. The Morgan fingerprint density at radius 3 is 2.37 bits per heavy atom. The van der Waals surface area contributed by atoms with Crippen LogP contribution in [0.1, 0.15) is 11.1 Å². The van der Waals surface area contributed by atoms with E-state index in [1.165, 1.54) is 5.56 Å². The fourth-order valence-electron chi connectivity index (χ4n) is 1.64. The summed E-state index contributed by atoms with van der Waals surface area (Å²) in [5.74, 6) is 0. The number of anilines is 1. The Balaban J connectivity index is 2.11. The van der Waals surface area contributed by atoms with Gasteiger partial charge in [0.15, 0.2) is 0 Å². The first kappa shape index (κ1) is 15.0. The Morgan fingerprint density at radius 1 is 1.00 bits per heavy atom. The molecule has 0 spiro atoms. The molecule has 0 fully saturated rings. The summed E-state index contributed by atoms with van der Waals surface area (Å²) in [6.07, 6.45) is 0. The molecule has 0 aliphatic carbocycles. The second-order valence-corrected chi connectivity index (χ2v) is 10.0. The van der Waals surface area contributed by atoms with Gasteiger partial charge >= 0.3 is 131 Å². The molecule has 0 aromatic heterocycles. The van der Waals surface area contributed by atoms with Crippen molar-refractivity contribution >= 4 is 41.3 Å². The number of halogens is 3. The molecule has 2 rings (SSSR count). The van der Waals surface area contributed by atoms with E-state index in [9.17, 15) is 0 Å². The molecular formula is C14H12Cl3NRu. The third kappa shape index (κ3) is 4.89. The van der Waals surface area contributed by atoms with E-state index >= 15 is 0 Å². The van der Waals surface area contributed by atoms with Gasteiger partial charge in [0.25, 0.3) is 0 Å². The first-order valence-corrected chi connectivity index (χ1v) is 11.4. The summed E-state index contributed by atoms with van der Waals surface area (Å²) in [7, 11) is 11.9. The van der Waals surface area contributed by atoms with Gasteiger partial charge in [-0.2, -0.15) is 0 Å². The van der Waals surface area contributed by atoms with Crippen molar-refractivity contribution in [1.29, 1.82) is 0 Å². The summed E-state index contributed by atoms with van der Waals surface area (Å²) < 4.78 is 1.96. The molecule has 19 heavy (non-hydrogen) atoms. The average molecular weight is 402 g/mol. The second kappa shape index (κ2) is 7.40. The molecule has 2 aromatic rings. The summed E-state index contributed by atoms with van der Waals surface area (Å²) in [6.45, 7) is 0.726. The van der Waals surface area contributed by atoms with E-state index in [0.717, 1.165) is 22.8 Å². The van der Waals surface area contributed by atoms with Gasteiger partial charge in [-0.25, -0.2) is 0 Å². The van der Waals surface area contributed by atoms with Crippen molar-refractivity contribution in [2.45, 2.75) is 6.54 Å². The Labute approximate surface area is 131 Å². The Hall–Kier alpha value is -0.397. The van der Waals surface area contributed by atoms with Crippen LogP contribution >= 0.6 is 31.0 Å². The number of nitrogens with one attached hydrogen (secondary N) is 1. The van der Waals surface area contributed by atoms with Gasteiger partial charge in [-0.1, -0.05) is 0 Å². The Morgan fingerprint density at radius 2 is 1.68 bits per heavy atom. The Bertz CT molecular complexity index is 577.